The number of allylic oxidation sites excluding steroid dienone is 1. The van der Waals surface area contributed by atoms with Crippen molar-refractivity contribution in [3.8, 4) is 0 Å². The summed E-state index contributed by atoms with van der Waals surface area (Å²) in [5.41, 5.74) is 6.67. The lowest BCUT2D eigenvalue weighted by Crippen LogP contribution is -1.93. The van der Waals surface area contributed by atoms with Crippen LogP contribution in [0.25, 0.3) is 17.2 Å². The average Bonchev–Trinajstić information content (AvgIpc) is 2.69. The Morgan fingerprint density at radius 1 is 0.731 bits per heavy atom. The standard InChI is InChI=1S/C24H20O2/c1-18(20-8-4-2-5-9-20)24(21-10-6-3-7-11-21)22-15-12-19(13-16-22)14-17-23(25)26/h2-17H,1H3,(H,25,26)/b17-14+,24-18-. The molecule has 0 aliphatic carbocycles. The molecule has 3 aromatic carbocycles. The number of carboxylic acids is 1. The minimum atomic E-state index is -0.945. The van der Waals surface area contributed by atoms with E-state index in [4.69, 9.17) is 5.11 Å². The fourth-order valence-corrected chi connectivity index (χ4v) is 2.97. The summed E-state index contributed by atoms with van der Waals surface area (Å²) < 4.78 is 0. The van der Waals surface area contributed by atoms with Gasteiger partial charge in [0.25, 0.3) is 0 Å². The van der Waals surface area contributed by atoms with E-state index in [0.717, 1.165) is 22.8 Å². The minimum Gasteiger partial charge on any atom is -0.478 e. The second kappa shape index (κ2) is 8.13. The van der Waals surface area contributed by atoms with E-state index in [2.05, 4.69) is 31.2 Å². The smallest absolute Gasteiger partial charge is 0.328 e. The van der Waals surface area contributed by atoms with Crippen molar-refractivity contribution in [1.29, 1.82) is 0 Å². The molecule has 2 heteroatoms. The van der Waals surface area contributed by atoms with Crippen molar-refractivity contribution in [2.24, 2.45) is 0 Å². The molecule has 0 saturated carbocycles. The summed E-state index contributed by atoms with van der Waals surface area (Å²) in [6, 6.07) is 28.6. The zero-order chi connectivity index (χ0) is 18.4. The van der Waals surface area contributed by atoms with E-state index >= 15 is 0 Å². The van der Waals surface area contributed by atoms with Gasteiger partial charge < -0.3 is 5.11 Å². The predicted octanol–water partition coefficient (Wildman–Crippen LogP) is 5.76. The van der Waals surface area contributed by atoms with Gasteiger partial charge in [-0.1, -0.05) is 84.9 Å². The molecule has 3 aromatic rings. The van der Waals surface area contributed by atoms with Crippen LogP contribution in [0.3, 0.4) is 0 Å². The summed E-state index contributed by atoms with van der Waals surface area (Å²) >= 11 is 0. The van der Waals surface area contributed by atoms with E-state index in [9.17, 15) is 4.79 Å². The molecule has 1 N–H and O–H groups in total. The topological polar surface area (TPSA) is 37.3 Å². The first-order chi connectivity index (χ1) is 12.6. The Morgan fingerprint density at radius 3 is 1.77 bits per heavy atom. The molecule has 2 nitrogen and oxygen atoms in total. The average molecular weight is 340 g/mol. The number of rotatable bonds is 5. The van der Waals surface area contributed by atoms with Crippen LogP contribution in [0, 0.1) is 0 Å². The Bertz CT molecular complexity index is 935. The Kier molecular flexibility index (Phi) is 5.45. The van der Waals surface area contributed by atoms with Crippen LogP contribution in [0.1, 0.15) is 29.2 Å². The molecule has 0 unspecified atom stereocenters. The number of hydrogen-bond donors (Lipinski definition) is 1. The lowest BCUT2D eigenvalue weighted by molar-refractivity contribution is -0.131. The van der Waals surface area contributed by atoms with Gasteiger partial charge in [0, 0.05) is 6.08 Å². The van der Waals surface area contributed by atoms with Gasteiger partial charge in [-0.05, 0) is 46.4 Å². The van der Waals surface area contributed by atoms with Crippen LogP contribution in [-0.2, 0) is 4.79 Å². The van der Waals surface area contributed by atoms with Gasteiger partial charge in [0.1, 0.15) is 0 Å². The van der Waals surface area contributed by atoms with Gasteiger partial charge in [-0.2, -0.15) is 0 Å². The monoisotopic (exact) mass is 340 g/mol. The minimum absolute atomic E-state index is 0.862. The van der Waals surface area contributed by atoms with Crippen molar-refractivity contribution < 1.29 is 9.90 Å². The van der Waals surface area contributed by atoms with Crippen LogP contribution in [0.5, 0.6) is 0 Å². The molecule has 0 amide bonds. The quantitative estimate of drug-likeness (QED) is 0.473. The fourth-order valence-electron chi connectivity index (χ4n) is 2.97. The SMILES string of the molecule is C/C(=C(\c1ccccc1)c1ccc(/C=C/C(=O)O)cc1)c1ccccc1. The summed E-state index contributed by atoms with van der Waals surface area (Å²) in [4.78, 5) is 10.7. The summed E-state index contributed by atoms with van der Waals surface area (Å²) in [6.07, 6.45) is 2.75. The number of benzene rings is 3. The summed E-state index contributed by atoms with van der Waals surface area (Å²) in [6.45, 7) is 2.13. The summed E-state index contributed by atoms with van der Waals surface area (Å²) in [5, 5.41) is 8.77. The van der Waals surface area contributed by atoms with E-state index in [0.29, 0.717) is 0 Å². The third-order valence-electron chi connectivity index (χ3n) is 4.26. The number of carboxylic acid groups (broad SMARTS) is 1. The van der Waals surface area contributed by atoms with E-state index in [-0.39, 0.29) is 0 Å². The zero-order valence-electron chi connectivity index (χ0n) is 14.6. The molecular weight excluding hydrogens is 320 g/mol. The fraction of sp³-hybridized carbons (Fsp3) is 0.0417. The molecule has 0 heterocycles. The van der Waals surface area contributed by atoms with E-state index in [1.54, 1.807) is 6.08 Å². The van der Waals surface area contributed by atoms with Gasteiger partial charge in [-0.25, -0.2) is 4.79 Å². The maximum atomic E-state index is 10.7. The van der Waals surface area contributed by atoms with Crippen molar-refractivity contribution in [2.75, 3.05) is 0 Å². The normalized spacial score (nSPS) is 12.0. The van der Waals surface area contributed by atoms with Crippen molar-refractivity contribution >= 4 is 23.2 Å². The predicted molar refractivity (Wildman–Crippen MR) is 108 cm³/mol. The van der Waals surface area contributed by atoms with E-state index in [1.807, 2.05) is 60.7 Å². The van der Waals surface area contributed by atoms with Crippen LogP contribution in [0.4, 0.5) is 0 Å². The molecule has 0 bridgehead atoms. The third-order valence-corrected chi connectivity index (χ3v) is 4.26. The molecule has 0 radical (unpaired) electrons. The molecule has 128 valence electrons. The maximum absolute atomic E-state index is 10.7. The maximum Gasteiger partial charge on any atom is 0.328 e. The van der Waals surface area contributed by atoms with Gasteiger partial charge in [0.05, 0.1) is 0 Å². The van der Waals surface area contributed by atoms with Crippen molar-refractivity contribution in [2.45, 2.75) is 6.92 Å². The lowest BCUT2D eigenvalue weighted by atomic mass is 9.90. The first kappa shape index (κ1) is 17.4. The molecule has 0 fully saturated rings. The Labute approximate surface area is 153 Å². The van der Waals surface area contributed by atoms with E-state index < -0.39 is 5.97 Å². The molecule has 0 aliphatic rings. The first-order valence-corrected chi connectivity index (χ1v) is 8.48. The zero-order valence-corrected chi connectivity index (χ0v) is 14.6. The highest BCUT2D eigenvalue weighted by Gasteiger charge is 2.10. The van der Waals surface area contributed by atoms with Gasteiger partial charge in [-0.15, -0.1) is 0 Å². The Morgan fingerprint density at radius 2 is 1.23 bits per heavy atom. The highest BCUT2D eigenvalue weighted by atomic mass is 16.4. The molecule has 0 aromatic heterocycles. The highest BCUT2D eigenvalue weighted by molar-refractivity contribution is 5.98. The Balaban J connectivity index is 2.09. The Hall–Kier alpha value is -3.39. The largest absolute Gasteiger partial charge is 0.478 e. The van der Waals surface area contributed by atoms with E-state index in [1.165, 1.54) is 16.7 Å². The summed E-state index contributed by atoms with van der Waals surface area (Å²) in [7, 11) is 0. The van der Waals surface area contributed by atoms with Crippen molar-refractivity contribution in [3.05, 3.63) is 113 Å². The molecule has 3 rings (SSSR count). The molecule has 0 saturated heterocycles. The van der Waals surface area contributed by atoms with Crippen LogP contribution < -0.4 is 0 Å². The third kappa shape index (κ3) is 4.17. The van der Waals surface area contributed by atoms with Gasteiger partial charge in [0.2, 0.25) is 0 Å². The molecule has 0 atom stereocenters. The van der Waals surface area contributed by atoms with Crippen LogP contribution in [0.15, 0.2) is 91.0 Å². The number of carbonyl (C=O) groups is 1. The summed E-state index contributed by atoms with van der Waals surface area (Å²) in [5.74, 6) is -0.945. The van der Waals surface area contributed by atoms with Crippen LogP contribution >= 0.6 is 0 Å². The molecule has 0 aliphatic heterocycles. The van der Waals surface area contributed by atoms with Gasteiger partial charge in [0.15, 0.2) is 0 Å². The van der Waals surface area contributed by atoms with Crippen LogP contribution in [0.2, 0.25) is 0 Å². The second-order valence-electron chi connectivity index (χ2n) is 6.03. The first-order valence-electron chi connectivity index (χ1n) is 8.48. The molecule has 0 spiro atoms. The van der Waals surface area contributed by atoms with Crippen molar-refractivity contribution in [3.63, 3.8) is 0 Å². The van der Waals surface area contributed by atoms with Crippen LogP contribution in [-0.4, -0.2) is 11.1 Å². The highest BCUT2D eigenvalue weighted by Crippen LogP contribution is 2.32. The van der Waals surface area contributed by atoms with Gasteiger partial charge >= 0.3 is 5.97 Å². The number of hydrogen-bond acceptors (Lipinski definition) is 1. The lowest BCUT2D eigenvalue weighted by Gasteiger charge is -2.14. The molecular formula is C24H20O2. The van der Waals surface area contributed by atoms with Gasteiger partial charge in [-0.3, -0.25) is 0 Å². The van der Waals surface area contributed by atoms with Crippen molar-refractivity contribution in [1.82, 2.24) is 0 Å². The number of aliphatic carboxylic acids is 1. The second-order valence-corrected chi connectivity index (χ2v) is 6.03. The molecule has 26 heavy (non-hydrogen) atoms.